The molecule has 0 radical (unpaired) electrons. The molecule has 3 aromatic rings. The van der Waals surface area contributed by atoms with Crippen molar-refractivity contribution in [3.63, 3.8) is 0 Å². The van der Waals surface area contributed by atoms with Crippen LogP contribution >= 0.6 is 15.9 Å². The fourth-order valence-corrected chi connectivity index (χ4v) is 2.53. The summed E-state index contributed by atoms with van der Waals surface area (Å²) in [6.45, 7) is 0. The van der Waals surface area contributed by atoms with E-state index in [-0.39, 0.29) is 5.56 Å². The van der Waals surface area contributed by atoms with Crippen molar-refractivity contribution in [1.29, 1.82) is 0 Å². The highest BCUT2D eigenvalue weighted by Gasteiger charge is 2.14. The van der Waals surface area contributed by atoms with Crippen LogP contribution in [0.15, 0.2) is 41.0 Å². The van der Waals surface area contributed by atoms with Crippen LogP contribution in [0.3, 0.4) is 0 Å². The number of fused-ring (bicyclic) bond motifs is 1. The maximum absolute atomic E-state index is 11.0. The summed E-state index contributed by atoms with van der Waals surface area (Å²) < 4.78 is 2.74. The second-order valence-corrected chi connectivity index (χ2v) is 5.19. The number of imidazole rings is 1. The van der Waals surface area contributed by atoms with Crippen LogP contribution in [0, 0.1) is 0 Å². The number of hydrogen-bond acceptors (Lipinski definition) is 3. The lowest BCUT2D eigenvalue weighted by atomic mass is 10.2. The first-order chi connectivity index (χ1) is 9.58. The highest BCUT2D eigenvalue weighted by atomic mass is 79.9. The molecule has 0 fully saturated rings. The van der Waals surface area contributed by atoms with Crippen molar-refractivity contribution in [3.8, 4) is 11.5 Å². The van der Waals surface area contributed by atoms with E-state index in [1.165, 1.54) is 0 Å². The molecule has 0 unspecified atom stereocenters. The molecule has 1 aromatic carbocycles. The number of nitrogens with zero attached hydrogens (tertiary/aromatic N) is 3. The van der Waals surface area contributed by atoms with Gasteiger partial charge in [0, 0.05) is 17.7 Å². The number of halogens is 1. The smallest absolute Gasteiger partial charge is 0.335 e. The van der Waals surface area contributed by atoms with Crippen LogP contribution in [0.2, 0.25) is 0 Å². The lowest BCUT2D eigenvalue weighted by Crippen LogP contribution is -1.96. The number of benzene rings is 1. The zero-order valence-corrected chi connectivity index (χ0v) is 12.1. The van der Waals surface area contributed by atoms with Crippen molar-refractivity contribution in [2.45, 2.75) is 0 Å². The highest BCUT2D eigenvalue weighted by molar-refractivity contribution is 9.10. The van der Waals surface area contributed by atoms with E-state index in [4.69, 9.17) is 5.11 Å². The number of pyridine rings is 1. The summed E-state index contributed by atoms with van der Waals surface area (Å²) in [5, 5.41) is 9.03. The molecule has 1 N–H and O–H groups in total. The Labute approximate surface area is 123 Å². The quantitative estimate of drug-likeness (QED) is 0.783. The van der Waals surface area contributed by atoms with Crippen molar-refractivity contribution in [3.05, 3.63) is 46.6 Å². The number of carbonyl (C=O) groups is 1. The molecule has 0 bridgehead atoms. The Morgan fingerprint density at radius 1 is 1.35 bits per heavy atom. The molecule has 0 aliphatic heterocycles. The van der Waals surface area contributed by atoms with Gasteiger partial charge in [-0.3, -0.25) is 4.98 Å². The van der Waals surface area contributed by atoms with Gasteiger partial charge in [0.2, 0.25) is 0 Å². The predicted octanol–water partition coefficient (Wildman–Crippen LogP) is 3.10. The number of hydrogen-bond donors (Lipinski definition) is 1. The van der Waals surface area contributed by atoms with Gasteiger partial charge >= 0.3 is 5.97 Å². The third-order valence-corrected chi connectivity index (χ3v) is 3.74. The van der Waals surface area contributed by atoms with Crippen LogP contribution in [0.25, 0.3) is 22.6 Å². The van der Waals surface area contributed by atoms with Crippen LogP contribution in [-0.4, -0.2) is 25.6 Å². The third kappa shape index (κ3) is 1.98. The number of aryl methyl sites for hydroxylation is 1. The Hall–Kier alpha value is -2.21. The maximum Gasteiger partial charge on any atom is 0.335 e. The minimum absolute atomic E-state index is 0.224. The predicted molar refractivity (Wildman–Crippen MR) is 78.6 cm³/mol. The first kappa shape index (κ1) is 12.8. The molecule has 100 valence electrons. The van der Waals surface area contributed by atoms with Crippen LogP contribution in [-0.2, 0) is 7.05 Å². The maximum atomic E-state index is 11.0. The molecule has 0 aliphatic rings. The molecule has 0 saturated carbocycles. The standard InChI is InChI=1S/C14H10BrN3O2/c1-18-11-5-4-8(14(19)20)7-10(11)17-13(18)12-9(15)3-2-6-16-12/h2-7H,1H3,(H,19,20). The van der Waals surface area contributed by atoms with E-state index in [1.807, 2.05) is 23.7 Å². The van der Waals surface area contributed by atoms with E-state index >= 15 is 0 Å². The summed E-state index contributed by atoms with van der Waals surface area (Å²) in [5.74, 6) is -0.270. The fourth-order valence-electron chi connectivity index (χ4n) is 2.09. The van der Waals surface area contributed by atoms with E-state index in [1.54, 1.807) is 24.4 Å². The molecule has 3 rings (SSSR count). The molecule has 0 aliphatic carbocycles. The van der Waals surface area contributed by atoms with Crippen LogP contribution in [0.5, 0.6) is 0 Å². The number of rotatable bonds is 2. The lowest BCUT2D eigenvalue weighted by Gasteiger charge is -2.03. The molecule has 2 heterocycles. The summed E-state index contributed by atoms with van der Waals surface area (Å²) in [6, 6.07) is 8.62. The van der Waals surface area contributed by atoms with Gasteiger partial charge in [-0.2, -0.15) is 0 Å². The first-order valence-electron chi connectivity index (χ1n) is 5.88. The van der Waals surface area contributed by atoms with E-state index in [9.17, 15) is 4.79 Å². The Morgan fingerprint density at radius 2 is 2.15 bits per heavy atom. The van der Waals surface area contributed by atoms with Crippen molar-refractivity contribution in [2.24, 2.45) is 7.05 Å². The molecule has 20 heavy (non-hydrogen) atoms. The van der Waals surface area contributed by atoms with Crippen molar-refractivity contribution < 1.29 is 9.90 Å². The molecule has 2 aromatic heterocycles. The van der Waals surface area contributed by atoms with Crippen LogP contribution in [0.1, 0.15) is 10.4 Å². The summed E-state index contributed by atoms with van der Waals surface area (Å²) in [7, 11) is 1.88. The summed E-state index contributed by atoms with van der Waals surface area (Å²) in [6.07, 6.45) is 1.70. The first-order valence-corrected chi connectivity index (χ1v) is 6.68. The SMILES string of the molecule is Cn1c(-c2ncccc2Br)nc2cc(C(=O)O)ccc21. The zero-order chi connectivity index (χ0) is 14.3. The van der Waals surface area contributed by atoms with E-state index in [2.05, 4.69) is 25.9 Å². The Balaban J connectivity index is 2.26. The minimum Gasteiger partial charge on any atom is -0.478 e. The van der Waals surface area contributed by atoms with E-state index in [0.717, 1.165) is 15.7 Å². The summed E-state index contributed by atoms with van der Waals surface area (Å²) in [5.41, 5.74) is 2.45. The number of aromatic carboxylic acids is 1. The molecule has 0 atom stereocenters. The third-order valence-electron chi connectivity index (χ3n) is 3.10. The van der Waals surface area contributed by atoms with Crippen molar-refractivity contribution >= 4 is 32.9 Å². The van der Waals surface area contributed by atoms with Gasteiger partial charge in [0.25, 0.3) is 0 Å². The number of aromatic nitrogens is 3. The zero-order valence-electron chi connectivity index (χ0n) is 10.5. The topological polar surface area (TPSA) is 68.0 Å². The van der Waals surface area contributed by atoms with Gasteiger partial charge in [-0.15, -0.1) is 0 Å². The summed E-state index contributed by atoms with van der Waals surface area (Å²) in [4.78, 5) is 19.8. The average molecular weight is 332 g/mol. The number of carboxylic acid groups (broad SMARTS) is 1. The Morgan fingerprint density at radius 3 is 2.85 bits per heavy atom. The van der Waals surface area contributed by atoms with Gasteiger partial charge in [-0.1, -0.05) is 0 Å². The van der Waals surface area contributed by atoms with E-state index < -0.39 is 5.97 Å². The second-order valence-electron chi connectivity index (χ2n) is 4.34. The van der Waals surface area contributed by atoms with Gasteiger partial charge in [0.05, 0.1) is 16.6 Å². The van der Waals surface area contributed by atoms with Gasteiger partial charge < -0.3 is 9.67 Å². The molecular weight excluding hydrogens is 322 g/mol. The van der Waals surface area contributed by atoms with Gasteiger partial charge in [-0.25, -0.2) is 9.78 Å². The molecule has 0 spiro atoms. The average Bonchev–Trinajstić information content (AvgIpc) is 2.76. The molecule has 0 amide bonds. The largest absolute Gasteiger partial charge is 0.478 e. The lowest BCUT2D eigenvalue weighted by molar-refractivity contribution is 0.0697. The number of carboxylic acids is 1. The van der Waals surface area contributed by atoms with Gasteiger partial charge in [0.1, 0.15) is 5.69 Å². The second kappa shape index (κ2) is 4.72. The van der Waals surface area contributed by atoms with Crippen molar-refractivity contribution in [2.75, 3.05) is 0 Å². The van der Waals surface area contributed by atoms with Crippen molar-refractivity contribution in [1.82, 2.24) is 14.5 Å². The Kier molecular flexibility index (Phi) is 3.02. The monoisotopic (exact) mass is 331 g/mol. The Bertz CT molecular complexity index is 826. The van der Waals surface area contributed by atoms with Crippen LogP contribution < -0.4 is 0 Å². The molecule has 5 nitrogen and oxygen atoms in total. The fraction of sp³-hybridized carbons (Fsp3) is 0.0714. The van der Waals surface area contributed by atoms with E-state index in [0.29, 0.717) is 11.3 Å². The van der Waals surface area contributed by atoms with Gasteiger partial charge in [-0.05, 0) is 46.3 Å². The van der Waals surface area contributed by atoms with Crippen LogP contribution in [0.4, 0.5) is 0 Å². The van der Waals surface area contributed by atoms with Gasteiger partial charge in [0.15, 0.2) is 5.82 Å². The summed E-state index contributed by atoms with van der Waals surface area (Å²) >= 11 is 3.45. The normalized spacial score (nSPS) is 10.9. The molecule has 6 heteroatoms. The minimum atomic E-state index is -0.960. The highest BCUT2D eigenvalue weighted by Crippen LogP contribution is 2.28. The molecule has 0 saturated heterocycles. The molecular formula is C14H10BrN3O2.